The third kappa shape index (κ3) is 4.59. The molecule has 0 aliphatic heterocycles. The lowest BCUT2D eigenvalue weighted by Crippen LogP contribution is -2.37. The van der Waals surface area contributed by atoms with Gasteiger partial charge in [0.2, 0.25) is 5.95 Å². The molecule has 2 aromatic carbocycles. The van der Waals surface area contributed by atoms with Crippen molar-refractivity contribution in [2.24, 2.45) is 0 Å². The van der Waals surface area contributed by atoms with E-state index in [4.69, 9.17) is 0 Å². The van der Waals surface area contributed by atoms with Crippen molar-refractivity contribution >= 4 is 12.0 Å². The SMILES string of the molecule is O=C(O)N(CCC(c1ccccc1)c1ccccc1)C(=O)c1ccc(F)nc1. The fourth-order valence-electron chi connectivity index (χ4n) is 3.10. The number of aromatic nitrogens is 1. The van der Waals surface area contributed by atoms with Gasteiger partial charge < -0.3 is 5.11 Å². The average molecular weight is 378 g/mol. The zero-order chi connectivity index (χ0) is 19.9. The number of hydrogen-bond acceptors (Lipinski definition) is 3. The first-order chi connectivity index (χ1) is 13.6. The first kappa shape index (κ1) is 19.2. The number of carbonyl (C=O) groups is 2. The first-order valence-corrected chi connectivity index (χ1v) is 8.82. The van der Waals surface area contributed by atoms with Crippen LogP contribution in [-0.4, -0.2) is 33.5 Å². The topological polar surface area (TPSA) is 70.5 Å². The van der Waals surface area contributed by atoms with Gasteiger partial charge in [-0.25, -0.2) is 14.7 Å². The maximum atomic E-state index is 13.0. The van der Waals surface area contributed by atoms with E-state index in [9.17, 15) is 19.1 Å². The quantitative estimate of drug-likeness (QED) is 0.638. The van der Waals surface area contributed by atoms with Gasteiger partial charge in [0.25, 0.3) is 5.91 Å². The molecule has 0 saturated heterocycles. The molecule has 0 aliphatic carbocycles. The van der Waals surface area contributed by atoms with Gasteiger partial charge in [0.05, 0.1) is 5.56 Å². The predicted molar refractivity (Wildman–Crippen MR) is 103 cm³/mol. The number of rotatable bonds is 6. The van der Waals surface area contributed by atoms with E-state index in [1.807, 2.05) is 60.7 Å². The summed E-state index contributed by atoms with van der Waals surface area (Å²) in [4.78, 5) is 28.4. The molecule has 0 unspecified atom stereocenters. The minimum Gasteiger partial charge on any atom is -0.465 e. The minimum atomic E-state index is -1.35. The van der Waals surface area contributed by atoms with Crippen LogP contribution in [0.3, 0.4) is 0 Å². The smallest absolute Gasteiger partial charge is 0.414 e. The second kappa shape index (κ2) is 8.90. The van der Waals surface area contributed by atoms with E-state index in [0.717, 1.165) is 28.3 Å². The van der Waals surface area contributed by atoms with Gasteiger partial charge in [-0.1, -0.05) is 60.7 Å². The van der Waals surface area contributed by atoms with E-state index in [1.54, 1.807) is 0 Å². The normalized spacial score (nSPS) is 10.6. The van der Waals surface area contributed by atoms with Crippen molar-refractivity contribution in [1.29, 1.82) is 0 Å². The summed E-state index contributed by atoms with van der Waals surface area (Å²) in [6.07, 6.45) is 0.106. The lowest BCUT2D eigenvalue weighted by atomic mass is 9.88. The summed E-state index contributed by atoms with van der Waals surface area (Å²) in [5, 5.41) is 9.52. The van der Waals surface area contributed by atoms with Crippen molar-refractivity contribution in [2.75, 3.05) is 6.54 Å². The second-order valence-corrected chi connectivity index (χ2v) is 6.27. The van der Waals surface area contributed by atoms with E-state index in [2.05, 4.69) is 4.98 Å². The maximum absolute atomic E-state index is 13.0. The molecule has 1 heterocycles. The Morgan fingerprint density at radius 3 is 1.96 bits per heavy atom. The standard InChI is InChI=1S/C22H19FN2O3/c23-20-12-11-18(15-24-20)21(26)25(22(27)28)14-13-19(16-7-3-1-4-8-16)17-9-5-2-6-10-17/h1-12,15,19H,13-14H2,(H,27,28). The van der Waals surface area contributed by atoms with Gasteiger partial charge in [-0.2, -0.15) is 4.39 Å². The van der Waals surface area contributed by atoms with E-state index in [0.29, 0.717) is 6.42 Å². The molecule has 3 aromatic rings. The zero-order valence-electron chi connectivity index (χ0n) is 15.0. The Balaban J connectivity index is 1.82. The molecule has 28 heavy (non-hydrogen) atoms. The molecule has 2 amide bonds. The molecule has 5 nitrogen and oxygen atoms in total. The molecule has 0 aliphatic rings. The Labute approximate surface area is 162 Å². The van der Waals surface area contributed by atoms with Gasteiger partial charge in [0.15, 0.2) is 0 Å². The third-order valence-electron chi connectivity index (χ3n) is 4.50. The van der Waals surface area contributed by atoms with Crippen molar-refractivity contribution in [3.8, 4) is 0 Å². The van der Waals surface area contributed by atoms with Crippen LogP contribution in [0.5, 0.6) is 0 Å². The monoisotopic (exact) mass is 378 g/mol. The van der Waals surface area contributed by atoms with E-state index in [1.165, 1.54) is 6.07 Å². The molecule has 0 radical (unpaired) electrons. The fourth-order valence-corrected chi connectivity index (χ4v) is 3.10. The molecule has 6 heteroatoms. The van der Waals surface area contributed by atoms with Crippen LogP contribution in [0.25, 0.3) is 0 Å². The van der Waals surface area contributed by atoms with Crippen LogP contribution in [0.4, 0.5) is 9.18 Å². The Morgan fingerprint density at radius 1 is 0.929 bits per heavy atom. The average Bonchev–Trinajstić information content (AvgIpc) is 2.72. The van der Waals surface area contributed by atoms with Gasteiger partial charge in [-0.3, -0.25) is 4.79 Å². The lowest BCUT2D eigenvalue weighted by molar-refractivity contribution is 0.0738. The van der Waals surface area contributed by atoms with E-state index >= 15 is 0 Å². The number of pyridine rings is 1. The number of hydrogen-bond donors (Lipinski definition) is 1. The molecular weight excluding hydrogens is 359 g/mol. The second-order valence-electron chi connectivity index (χ2n) is 6.27. The number of benzene rings is 2. The zero-order valence-corrected chi connectivity index (χ0v) is 15.0. The highest BCUT2D eigenvalue weighted by Crippen LogP contribution is 2.28. The van der Waals surface area contributed by atoms with Crippen LogP contribution >= 0.6 is 0 Å². The van der Waals surface area contributed by atoms with Crippen LogP contribution in [-0.2, 0) is 0 Å². The molecule has 142 valence electrons. The molecule has 1 aromatic heterocycles. The van der Waals surface area contributed by atoms with Crippen LogP contribution in [0.1, 0.15) is 33.8 Å². The minimum absolute atomic E-state index is 0.00000165. The summed E-state index contributed by atoms with van der Waals surface area (Å²) >= 11 is 0. The van der Waals surface area contributed by atoms with E-state index < -0.39 is 17.9 Å². The van der Waals surface area contributed by atoms with Crippen LogP contribution in [0, 0.1) is 5.95 Å². The van der Waals surface area contributed by atoms with Gasteiger partial charge in [-0.15, -0.1) is 0 Å². The predicted octanol–water partition coefficient (Wildman–Crippen LogP) is 4.56. The van der Waals surface area contributed by atoms with Crippen molar-refractivity contribution in [1.82, 2.24) is 9.88 Å². The van der Waals surface area contributed by atoms with Crippen molar-refractivity contribution in [2.45, 2.75) is 12.3 Å². The van der Waals surface area contributed by atoms with Crippen molar-refractivity contribution in [3.63, 3.8) is 0 Å². The molecule has 3 rings (SSSR count). The number of nitrogens with zero attached hydrogens (tertiary/aromatic N) is 2. The van der Waals surface area contributed by atoms with Crippen LogP contribution < -0.4 is 0 Å². The van der Waals surface area contributed by atoms with Crippen LogP contribution in [0.15, 0.2) is 79.0 Å². The number of amides is 2. The molecule has 1 N–H and O–H groups in total. The highest BCUT2D eigenvalue weighted by atomic mass is 19.1. The largest absolute Gasteiger partial charge is 0.465 e. The summed E-state index contributed by atoms with van der Waals surface area (Å²) in [6, 6.07) is 21.7. The van der Waals surface area contributed by atoms with Crippen LogP contribution in [0.2, 0.25) is 0 Å². The Morgan fingerprint density at radius 2 is 1.50 bits per heavy atom. The lowest BCUT2D eigenvalue weighted by Gasteiger charge is -2.22. The Bertz CT molecular complexity index is 892. The number of carboxylic acid groups (broad SMARTS) is 1. The molecular formula is C22H19FN2O3. The van der Waals surface area contributed by atoms with E-state index in [-0.39, 0.29) is 18.0 Å². The number of carbonyl (C=O) groups excluding carboxylic acids is 1. The highest BCUT2D eigenvalue weighted by molar-refractivity contribution is 6.02. The molecule has 0 fully saturated rings. The van der Waals surface area contributed by atoms with Gasteiger partial charge >= 0.3 is 6.09 Å². The summed E-state index contributed by atoms with van der Waals surface area (Å²) in [7, 11) is 0. The number of halogens is 1. The Hall–Kier alpha value is -3.54. The Kier molecular flexibility index (Phi) is 6.11. The number of imide groups is 1. The summed E-state index contributed by atoms with van der Waals surface area (Å²) < 4.78 is 13.0. The maximum Gasteiger partial charge on any atom is 0.414 e. The third-order valence-corrected chi connectivity index (χ3v) is 4.50. The summed E-state index contributed by atoms with van der Waals surface area (Å²) in [6.45, 7) is -0.00000165. The molecule has 0 spiro atoms. The molecule has 0 saturated carbocycles. The first-order valence-electron chi connectivity index (χ1n) is 8.82. The summed E-state index contributed by atoms with van der Waals surface area (Å²) in [5.41, 5.74) is 2.10. The van der Waals surface area contributed by atoms with Crippen molar-refractivity contribution in [3.05, 3.63) is 102 Å². The van der Waals surface area contributed by atoms with Gasteiger partial charge in [-0.05, 0) is 29.7 Å². The molecule has 0 bridgehead atoms. The highest BCUT2D eigenvalue weighted by Gasteiger charge is 2.24. The van der Waals surface area contributed by atoms with Gasteiger partial charge in [0.1, 0.15) is 0 Å². The fraction of sp³-hybridized carbons (Fsp3) is 0.136. The van der Waals surface area contributed by atoms with Gasteiger partial charge in [0, 0.05) is 18.7 Å². The summed E-state index contributed by atoms with van der Waals surface area (Å²) in [5.74, 6) is -1.52. The van der Waals surface area contributed by atoms with Crippen molar-refractivity contribution < 1.29 is 19.1 Å². The molecule has 0 atom stereocenters.